The number of rotatable bonds is 5. The number of carbonyl (C=O) groups excluding carboxylic acids is 1. The average Bonchev–Trinajstić information content (AvgIpc) is 2.70. The molecule has 0 aliphatic heterocycles. The van der Waals surface area contributed by atoms with Gasteiger partial charge in [0.2, 0.25) is 5.91 Å². The molecule has 0 aromatic carbocycles. The summed E-state index contributed by atoms with van der Waals surface area (Å²) in [5.74, 6) is 0.694. The van der Waals surface area contributed by atoms with Gasteiger partial charge in [0.05, 0.1) is 6.04 Å². The number of nitrogens with two attached hydrogens (primary N) is 1. The van der Waals surface area contributed by atoms with E-state index >= 15 is 0 Å². The minimum atomic E-state index is -0.321. The molecular formula is C12H24N2O. The molecule has 3 heteroatoms. The number of hydrogen-bond acceptors (Lipinski definition) is 2. The minimum absolute atomic E-state index is 0.0243. The summed E-state index contributed by atoms with van der Waals surface area (Å²) >= 11 is 0. The van der Waals surface area contributed by atoms with Gasteiger partial charge in [-0.2, -0.15) is 0 Å². The minimum Gasteiger partial charge on any atom is -0.352 e. The van der Waals surface area contributed by atoms with Gasteiger partial charge < -0.3 is 11.1 Å². The second-order valence-electron chi connectivity index (χ2n) is 4.74. The first-order valence-electron chi connectivity index (χ1n) is 6.21. The molecule has 2 atom stereocenters. The second kappa shape index (κ2) is 6.11. The van der Waals surface area contributed by atoms with E-state index in [0.29, 0.717) is 12.0 Å². The summed E-state index contributed by atoms with van der Waals surface area (Å²) in [7, 11) is 0. The largest absolute Gasteiger partial charge is 0.352 e. The quantitative estimate of drug-likeness (QED) is 0.730. The van der Waals surface area contributed by atoms with Gasteiger partial charge in [-0.25, -0.2) is 0 Å². The average molecular weight is 212 g/mol. The van der Waals surface area contributed by atoms with Crippen LogP contribution in [0.2, 0.25) is 0 Å². The molecule has 1 aliphatic rings. The number of amides is 1. The molecule has 1 aliphatic carbocycles. The fourth-order valence-corrected chi connectivity index (χ4v) is 2.35. The Morgan fingerprint density at radius 3 is 2.60 bits per heavy atom. The van der Waals surface area contributed by atoms with Crippen molar-refractivity contribution in [3.63, 3.8) is 0 Å². The molecule has 15 heavy (non-hydrogen) atoms. The molecule has 0 aromatic heterocycles. The topological polar surface area (TPSA) is 55.1 Å². The van der Waals surface area contributed by atoms with Crippen LogP contribution in [0.25, 0.3) is 0 Å². The summed E-state index contributed by atoms with van der Waals surface area (Å²) in [6.45, 7) is 4.15. The summed E-state index contributed by atoms with van der Waals surface area (Å²) in [6, 6.07) is -0.0261. The molecule has 1 saturated carbocycles. The van der Waals surface area contributed by atoms with Gasteiger partial charge in [-0.3, -0.25) is 4.79 Å². The van der Waals surface area contributed by atoms with Gasteiger partial charge in [0.15, 0.2) is 0 Å². The van der Waals surface area contributed by atoms with Crippen LogP contribution >= 0.6 is 0 Å². The lowest BCUT2D eigenvalue weighted by atomic mass is 9.99. The highest BCUT2D eigenvalue weighted by Gasteiger charge is 2.24. The molecule has 0 aromatic rings. The Hall–Kier alpha value is -0.570. The number of hydrogen-bond donors (Lipinski definition) is 2. The van der Waals surface area contributed by atoms with Crippen LogP contribution in [0.4, 0.5) is 0 Å². The lowest BCUT2D eigenvalue weighted by Crippen LogP contribution is -2.46. The first-order chi connectivity index (χ1) is 7.15. The van der Waals surface area contributed by atoms with Gasteiger partial charge in [-0.1, -0.05) is 26.2 Å². The van der Waals surface area contributed by atoms with E-state index in [4.69, 9.17) is 5.73 Å². The molecule has 88 valence electrons. The summed E-state index contributed by atoms with van der Waals surface area (Å²) in [5.41, 5.74) is 5.76. The van der Waals surface area contributed by atoms with Crippen LogP contribution in [-0.4, -0.2) is 18.0 Å². The van der Waals surface area contributed by atoms with Gasteiger partial charge in [0.1, 0.15) is 0 Å². The highest BCUT2D eigenvalue weighted by molar-refractivity contribution is 5.81. The standard InChI is InChI=1S/C12H24N2O/c1-3-6-11(13)12(15)14-9(2)10-7-4-5-8-10/h9-11H,3-8,13H2,1-2H3,(H,14,15)/t9?,11-/m1/s1. The number of carbonyl (C=O) groups is 1. The van der Waals surface area contributed by atoms with E-state index in [1.807, 2.05) is 6.92 Å². The maximum absolute atomic E-state index is 11.7. The van der Waals surface area contributed by atoms with Crippen molar-refractivity contribution in [1.29, 1.82) is 0 Å². The van der Waals surface area contributed by atoms with Gasteiger partial charge in [-0.05, 0) is 32.1 Å². The van der Waals surface area contributed by atoms with Crippen LogP contribution in [0, 0.1) is 5.92 Å². The van der Waals surface area contributed by atoms with Gasteiger partial charge in [0, 0.05) is 6.04 Å². The monoisotopic (exact) mass is 212 g/mol. The Labute approximate surface area is 92.8 Å². The summed E-state index contributed by atoms with van der Waals surface area (Å²) in [4.78, 5) is 11.7. The Balaban J connectivity index is 2.29. The highest BCUT2D eigenvalue weighted by atomic mass is 16.2. The summed E-state index contributed by atoms with van der Waals surface area (Å²) in [6.07, 6.45) is 6.88. The molecule has 1 unspecified atom stereocenters. The smallest absolute Gasteiger partial charge is 0.237 e. The van der Waals surface area contributed by atoms with Crippen molar-refractivity contribution in [2.45, 2.75) is 64.5 Å². The van der Waals surface area contributed by atoms with E-state index in [1.54, 1.807) is 0 Å². The molecule has 3 N–H and O–H groups in total. The van der Waals surface area contributed by atoms with Gasteiger partial charge in [0.25, 0.3) is 0 Å². The summed E-state index contributed by atoms with van der Waals surface area (Å²) < 4.78 is 0. The fourth-order valence-electron chi connectivity index (χ4n) is 2.35. The zero-order valence-electron chi connectivity index (χ0n) is 9.96. The molecule has 3 nitrogen and oxygen atoms in total. The van der Waals surface area contributed by atoms with E-state index in [1.165, 1.54) is 25.7 Å². The van der Waals surface area contributed by atoms with Crippen LogP contribution < -0.4 is 11.1 Å². The third-order valence-electron chi connectivity index (χ3n) is 3.41. The maximum Gasteiger partial charge on any atom is 0.237 e. The first-order valence-corrected chi connectivity index (χ1v) is 6.21. The van der Waals surface area contributed by atoms with Crippen molar-refractivity contribution in [3.8, 4) is 0 Å². The fraction of sp³-hybridized carbons (Fsp3) is 0.917. The van der Waals surface area contributed by atoms with E-state index in [-0.39, 0.29) is 11.9 Å². The Kier molecular flexibility index (Phi) is 5.09. The van der Waals surface area contributed by atoms with Crippen molar-refractivity contribution in [1.82, 2.24) is 5.32 Å². The second-order valence-corrected chi connectivity index (χ2v) is 4.74. The molecular weight excluding hydrogens is 188 g/mol. The van der Waals surface area contributed by atoms with Crippen LogP contribution in [0.1, 0.15) is 52.4 Å². The van der Waals surface area contributed by atoms with Gasteiger partial charge >= 0.3 is 0 Å². The Morgan fingerprint density at radius 1 is 1.47 bits per heavy atom. The predicted octanol–water partition coefficient (Wildman–Crippen LogP) is 1.81. The molecule has 0 spiro atoms. The molecule has 0 bridgehead atoms. The highest BCUT2D eigenvalue weighted by Crippen LogP contribution is 2.27. The van der Waals surface area contributed by atoms with Crippen LogP contribution in [0.15, 0.2) is 0 Å². The Bertz CT molecular complexity index is 200. The third kappa shape index (κ3) is 3.82. The SMILES string of the molecule is CCC[C@@H](N)C(=O)NC(C)C1CCCC1. The normalized spacial score (nSPS) is 21.3. The van der Waals surface area contributed by atoms with Crippen molar-refractivity contribution in [3.05, 3.63) is 0 Å². The first kappa shape index (κ1) is 12.5. The van der Waals surface area contributed by atoms with E-state index in [0.717, 1.165) is 12.8 Å². The van der Waals surface area contributed by atoms with Crippen LogP contribution in [0.5, 0.6) is 0 Å². The lowest BCUT2D eigenvalue weighted by molar-refractivity contribution is -0.123. The molecule has 0 saturated heterocycles. The number of nitrogens with one attached hydrogen (secondary N) is 1. The van der Waals surface area contributed by atoms with Crippen molar-refractivity contribution in [2.75, 3.05) is 0 Å². The van der Waals surface area contributed by atoms with E-state index in [2.05, 4.69) is 12.2 Å². The predicted molar refractivity (Wildman–Crippen MR) is 62.4 cm³/mol. The lowest BCUT2D eigenvalue weighted by Gasteiger charge is -2.22. The van der Waals surface area contributed by atoms with E-state index < -0.39 is 0 Å². The zero-order valence-corrected chi connectivity index (χ0v) is 9.96. The molecule has 0 radical (unpaired) electrons. The van der Waals surface area contributed by atoms with Gasteiger partial charge in [-0.15, -0.1) is 0 Å². The van der Waals surface area contributed by atoms with Crippen molar-refractivity contribution >= 4 is 5.91 Å². The van der Waals surface area contributed by atoms with Crippen LogP contribution in [0.3, 0.4) is 0 Å². The maximum atomic E-state index is 11.7. The van der Waals surface area contributed by atoms with Crippen LogP contribution in [-0.2, 0) is 4.79 Å². The van der Waals surface area contributed by atoms with Crippen molar-refractivity contribution < 1.29 is 4.79 Å². The molecule has 1 amide bonds. The molecule has 1 fully saturated rings. The van der Waals surface area contributed by atoms with E-state index in [9.17, 15) is 4.79 Å². The molecule has 1 rings (SSSR count). The summed E-state index contributed by atoms with van der Waals surface area (Å²) in [5, 5.41) is 3.04. The zero-order chi connectivity index (χ0) is 11.3. The molecule has 0 heterocycles. The Morgan fingerprint density at radius 2 is 2.07 bits per heavy atom. The third-order valence-corrected chi connectivity index (χ3v) is 3.41. The van der Waals surface area contributed by atoms with Crippen molar-refractivity contribution in [2.24, 2.45) is 11.7 Å².